The van der Waals surface area contributed by atoms with Gasteiger partial charge in [-0.25, -0.2) is 15.0 Å². The molecule has 0 aromatic carbocycles. The normalized spacial score (nSPS) is 15.9. The molecule has 0 atom stereocenters. The molecular formula is C24H27N7O2S. The highest BCUT2D eigenvalue weighted by Gasteiger charge is 2.43. The number of Topliss-reactive ketones (excluding diaryl/α,β-unsaturated/α-hetero) is 1. The van der Waals surface area contributed by atoms with Crippen LogP contribution in [0.2, 0.25) is 0 Å². The molecule has 0 spiro atoms. The van der Waals surface area contributed by atoms with Gasteiger partial charge in [0, 0.05) is 38.0 Å². The van der Waals surface area contributed by atoms with E-state index in [1.54, 1.807) is 13.3 Å². The average Bonchev–Trinajstić information content (AvgIpc) is 3.69. The standard InChI is InChI=1S/C24H27N7O2S/c1-5-30-17(23(33)31(14-6-7-14)15-8-9-15)10-16-18-19(26-11-25-18)21(29(4)22(16)30)28-24-27-12(2)20(34-24)13(3)32/h10-11,14-15H,5-9H2,1-4H3,(H,27,28). The third-order valence-electron chi connectivity index (χ3n) is 6.79. The molecule has 2 aliphatic carbocycles. The second kappa shape index (κ2) is 7.63. The van der Waals surface area contributed by atoms with Crippen molar-refractivity contribution in [1.82, 2.24) is 29.0 Å². The number of pyridine rings is 1. The zero-order chi connectivity index (χ0) is 23.7. The lowest BCUT2D eigenvalue weighted by Crippen LogP contribution is -2.36. The minimum Gasteiger partial charge on any atom is -0.331 e. The molecule has 2 aromatic rings. The molecule has 0 saturated heterocycles. The van der Waals surface area contributed by atoms with Gasteiger partial charge in [0.1, 0.15) is 34.9 Å². The third-order valence-corrected chi connectivity index (χ3v) is 7.96. The predicted octanol–water partition coefficient (Wildman–Crippen LogP) is 4.37. The van der Waals surface area contributed by atoms with Crippen LogP contribution in [-0.2, 0) is 13.6 Å². The predicted molar refractivity (Wildman–Crippen MR) is 131 cm³/mol. The van der Waals surface area contributed by atoms with Crippen LogP contribution in [0.5, 0.6) is 0 Å². The minimum atomic E-state index is 0.0000185. The Balaban J connectivity index is 1.50. The lowest BCUT2D eigenvalue weighted by molar-refractivity contribution is 0.0719. The van der Waals surface area contributed by atoms with E-state index in [1.165, 1.54) is 11.3 Å². The number of carbonyl (C=O) groups excluding carboxylic acids is 2. The lowest BCUT2D eigenvalue weighted by Gasteiger charge is -2.23. The van der Waals surface area contributed by atoms with Crippen LogP contribution in [0.25, 0.3) is 22.4 Å². The van der Waals surface area contributed by atoms with Gasteiger partial charge in [-0.1, -0.05) is 11.3 Å². The highest BCUT2D eigenvalue weighted by molar-refractivity contribution is 7.17. The number of aryl methyl sites for hydroxylation is 3. The molecule has 2 fully saturated rings. The molecule has 4 aliphatic rings. The van der Waals surface area contributed by atoms with Gasteiger partial charge in [0.2, 0.25) is 0 Å². The minimum absolute atomic E-state index is 0.0000185. The fraction of sp³-hybridized carbons (Fsp3) is 0.458. The van der Waals surface area contributed by atoms with Crippen LogP contribution >= 0.6 is 11.3 Å². The van der Waals surface area contributed by atoms with Crippen molar-refractivity contribution in [3.8, 4) is 11.4 Å². The van der Waals surface area contributed by atoms with Crippen LogP contribution in [0, 0.1) is 6.92 Å². The Morgan fingerprint density at radius 1 is 1.18 bits per heavy atom. The highest BCUT2D eigenvalue weighted by Crippen LogP contribution is 2.41. The number of nitrogens with zero attached hydrogens (tertiary/aromatic N) is 6. The second-order valence-electron chi connectivity index (χ2n) is 9.28. The Hall–Kier alpha value is -3.27. The largest absolute Gasteiger partial charge is 0.331 e. The third kappa shape index (κ3) is 3.23. The Bertz CT molecular complexity index is 1410. The number of ketones is 1. The number of rotatable bonds is 7. The van der Waals surface area contributed by atoms with Crippen LogP contribution in [-0.4, -0.2) is 52.8 Å². The smallest absolute Gasteiger partial charge is 0.271 e. The molecule has 1 N–H and O–H groups in total. The molecule has 10 heteroatoms. The van der Waals surface area contributed by atoms with Gasteiger partial charge in [0.05, 0.1) is 10.6 Å². The number of carbonyl (C=O) groups is 2. The van der Waals surface area contributed by atoms with Gasteiger partial charge < -0.3 is 19.4 Å². The molecule has 34 heavy (non-hydrogen) atoms. The molecule has 1 amide bonds. The number of hydrogen-bond donors (Lipinski definition) is 1. The maximum atomic E-state index is 13.7. The number of anilines is 2. The van der Waals surface area contributed by atoms with Gasteiger partial charge in [0.25, 0.3) is 5.91 Å². The highest BCUT2D eigenvalue weighted by atomic mass is 32.1. The number of fused-ring (bicyclic) bond motifs is 3. The van der Waals surface area contributed by atoms with Crippen molar-refractivity contribution in [2.24, 2.45) is 7.05 Å². The van der Waals surface area contributed by atoms with Gasteiger partial charge >= 0.3 is 0 Å². The monoisotopic (exact) mass is 477 g/mol. The quantitative estimate of drug-likeness (QED) is 0.397. The number of imidazole rings is 1. The van der Waals surface area contributed by atoms with Crippen molar-refractivity contribution in [1.29, 1.82) is 0 Å². The van der Waals surface area contributed by atoms with E-state index in [0.29, 0.717) is 45.7 Å². The molecule has 4 heterocycles. The van der Waals surface area contributed by atoms with E-state index in [9.17, 15) is 9.59 Å². The molecule has 176 valence electrons. The van der Waals surface area contributed by atoms with Gasteiger partial charge in [-0.2, -0.15) is 0 Å². The fourth-order valence-electron chi connectivity index (χ4n) is 4.96. The van der Waals surface area contributed by atoms with E-state index < -0.39 is 0 Å². The van der Waals surface area contributed by atoms with Gasteiger partial charge in [0.15, 0.2) is 10.9 Å². The van der Waals surface area contributed by atoms with Crippen molar-refractivity contribution in [2.75, 3.05) is 5.32 Å². The summed E-state index contributed by atoms with van der Waals surface area (Å²) in [6.45, 7) is 6.11. The Labute approximate surface area is 201 Å². The van der Waals surface area contributed by atoms with E-state index in [4.69, 9.17) is 0 Å². The summed E-state index contributed by atoms with van der Waals surface area (Å²) in [5, 5.41) is 4.93. The molecule has 0 unspecified atom stereocenters. The van der Waals surface area contributed by atoms with E-state index >= 15 is 0 Å². The summed E-state index contributed by atoms with van der Waals surface area (Å²) < 4.78 is 4.11. The number of amides is 1. The second-order valence-corrected chi connectivity index (χ2v) is 10.3. The van der Waals surface area contributed by atoms with Crippen LogP contribution in [0.3, 0.4) is 0 Å². The lowest BCUT2D eigenvalue weighted by atomic mass is 10.2. The van der Waals surface area contributed by atoms with Crippen molar-refractivity contribution in [3.05, 3.63) is 28.7 Å². The number of nitrogens with one attached hydrogen (secondary N) is 1. The van der Waals surface area contributed by atoms with Crippen molar-refractivity contribution in [3.63, 3.8) is 0 Å². The summed E-state index contributed by atoms with van der Waals surface area (Å²) in [6.07, 6.45) is 5.96. The van der Waals surface area contributed by atoms with Gasteiger partial charge in [-0.05, 0) is 45.6 Å². The van der Waals surface area contributed by atoms with Crippen LogP contribution in [0.15, 0.2) is 12.4 Å². The number of thiazole rings is 1. The summed E-state index contributed by atoms with van der Waals surface area (Å²) in [6, 6.07) is 2.76. The topological polar surface area (TPSA) is 97.9 Å². The molecule has 2 aliphatic heterocycles. The molecule has 9 nitrogen and oxygen atoms in total. The SMILES string of the molecule is CCn1c(C(=O)N(C2CC2)C2CC2)cc2c3ncnc-3c(Nc3nc(C)c(C(C)=O)s3)n(C)c21. The zero-order valence-corrected chi connectivity index (χ0v) is 20.6. The van der Waals surface area contributed by atoms with Crippen molar-refractivity contribution < 1.29 is 9.59 Å². The van der Waals surface area contributed by atoms with Gasteiger partial charge in [-0.3, -0.25) is 9.59 Å². The Morgan fingerprint density at radius 2 is 1.85 bits per heavy atom. The molecule has 6 rings (SSSR count). The van der Waals surface area contributed by atoms with Crippen molar-refractivity contribution in [2.45, 2.75) is 65.1 Å². The summed E-state index contributed by atoms with van der Waals surface area (Å²) in [5.74, 6) is 0.851. The first-order chi connectivity index (χ1) is 16.4. The Morgan fingerprint density at radius 3 is 2.44 bits per heavy atom. The molecule has 0 bridgehead atoms. The molecular weight excluding hydrogens is 450 g/mol. The summed E-state index contributed by atoms with van der Waals surface area (Å²) in [5.41, 5.74) is 3.78. The number of hydrogen-bond acceptors (Lipinski definition) is 7. The van der Waals surface area contributed by atoms with Crippen LogP contribution < -0.4 is 5.32 Å². The maximum Gasteiger partial charge on any atom is 0.271 e. The summed E-state index contributed by atoms with van der Waals surface area (Å²) >= 11 is 1.33. The van der Waals surface area contributed by atoms with E-state index in [1.807, 2.05) is 24.6 Å². The van der Waals surface area contributed by atoms with Gasteiger partial charge in [-0.15, -0.1) is 0 Å². The summed E-state index contributed by atoms with van der Waals surface area (Å²) in [4.78, 5) is 42.0. The first-order valence-electron chi connectivity index (χ1n) is 11.8. The first-order valence-corrected chi connectivity index (χ1v) is 12.6. The van der Waals surface area contributed by atoms with Crippen molar-refractivity contribution >= 4 is 45.0 Å². The van der Waals surface area contributed by atoms with E-state index in [2.05, 4.69) is 36.7 Å². The van der Waals surface area contributed by atoms with E-state index in [0.717, 1.165) is 48.2 Å². The van der Waals surface area contributed by atoms with E-state index in [-0.39, 0.29) is 11.7 Å². The zero-order valence-electron chi connectivity index (χ0n) is 19.8. The molecule has 2 aromatic heterocycles. The fourth-order valence-corrected chi connectivity index (χ4v) is 5.82. The maximum absolute atomic E-state index is 13.7. The van der Waals surface area contributed by atoms with Crippen LogP contribution in [0.4, 0.5) is 10.9 Å². The van der Waals surface area contributed by atoms with Crippen LogP contribution in [0.1, 0.15) is 65.4 Å². The first kappa shape index (κ1) is 21.3. The average molecular weight is 478 g/mol. The molecule has 0 radical (unpaired) electrons. The molecule has 2 saturated carbocycles. The summed E-state index contributed by atoms with van der Waals surface area (Å²) in [7, 11) is 1.96. The number of aromatic nitrogens is 5. The Kier molecular flexibility index (Phi) is 4.77.